The highest BCUT2D eigenvalue weighted by atomic mass is 16.6. The topological polar surface area (TPSA) is 102 Å². The Morgan fingerprint density at radius 2 is 0.869 bits per heavy atom. The van der Waals surface area contributed by atoms with Crippen molar-refractivity contribution in [3.05, 3.63) is 72.9 Å². The van der Waals surface area contributed by atoms with Crippen molar-refractivity contribution in [2.45, 2.75) is 206 Å². The molecule has 0 aromatic rings. The minimum Gasteiger partial charge on any atom is -0.544 e. The van der Waals surface area contributed by atoms with Crippen LogP contribution in [0.4, 0.5) is 0 Å². The summed E-state index contributed by atoms with van der Waals surface area (Å²) in [5.74, 6) is -1.78. The number of rotatable bonds is 43. The fourth-order valence-electron chi connectivity index (χ4n) is 6.86. The van der Waals surface area contributed by atoms with Crippen molar-refractivity contribution in [1.29, 1.82) is 0 Å². The number of hydrogen-bond donors (Lipinski definition) is 0. The van der Waals surface area contributed by atoms with Gasteiger partial charge >= 0.3 is 11.9 Å². The Labute approximate surface area is 374 Å². The third-order valence-corrected chi connectivity index (χ3v) is 10.6. The number of carboxylic acid groups (broad SMARTS) is 1. The molecule has 350 valence electrons. The van der Waals surface area contributed by atoms with E-state index in [1.54, 1.807) is 21.1 Å². The molecule has 61 heavy (non-hydrogen) atoms. The second-order valence-corrected chi connectivity index (χ2v) is 17.3. The smallest absolute Gasteiger partial charge is 0.306 e. The van der Waals surface area contributed by atoms with Crippen LogP contribution in [0.25, 0.3) is 0 Å². The van der Waals surface area contributed by atoms with Gasteiger partial charge in [-0.25, -0.2) is 0 Å². The van der Waals surface area contributed by atoms with E-state index in [2.05, 4.69) is 86.8 Å². The van der Waals surface area contributed by atoms with E-state index in [-0.39, 0.29) is 49.1 Å². The maximum atomic E-state index is 12.7. The molecule has 0 amide bonds. The van der Waals surface area contributed by atoms with Crippen molar-refractivity contribution in [3.8, 4) is 0 Å². The number of esters is 2. The minimum absolute atomic E-state index is 0.0254. The molecule has 0 saturated carbocycles. The Bertz CT molecular complexity index is 1230. The van der Waals surface area contributed by atoms with Crippen molar-refractivity contribution in [3.63, 3.8) is 0 Å². The van der Waals surface area contributed by atoms with Crippen LogP contribution < -0.4 is 5.11 Å². The van der Waals surface area contributed by atoms with Crippen LogP contribution in [-0.2, 0) is 28.6 Å². The Hall–Kier alpha value is -3.23. The minimum atomic E-state index is -1.13. The predicted octanol–water partition coefficient (Wildman–Crippen LogP) is 12.6. The number of aliphatic carboxylic acids is 1. The first kappa shape index (κ1) is 57.8. The summed E-state index contributed by atoms with van der Waals surface area (Å²) in [6.07, 6.45) is 55.1. The van der Waals surface area contributed by atoms with Crippen LogP contribution >= 0.6 is 0 Å². The Kier molecular flexibility index (Phi) is 41.1. The van der Waals surface area contributed by atoms with E-state index < -0.39 is 18.1 Å². The van der Waals surface area contributed by atoms with Crippen molar-refractivity contribution in [2.24, 2.45) is 0 Å². The molecule has 0 radical (unpaired) electrons. The van der Waals surface area contributed by atoms with Gasteiger partial charge < -0.3 is 28.6 Å². The molecule has 0 bridgehead atoms. The van der Waals surface area contributed by atoms with E-state index in [1.165, 1.54) is 77.0 Å². The highest BCUT2D eigenvalue weighted by Gasteiger charge is 2.25. The van der Waals surface area contributed by atoms with E-state index in [9.17, 15) is 19.5 Å². The number of carbonyl (C=O) groups excluding carboxylic acids is 3. The molecule has 0 N–H and O–H groups in total. The van der Waals surface area contributed by atoms with E-state index in [1.807, 2.05) is 0 Å². The first-order valence-corrected chi connectivity index (χ1v) is 24.5. The second-order valence-electron chi connectivity index (χ2n) is 17.3. The van der Waals surface area contributed by atoms with Crippen molar-refractivity contribution >= 4 is 17.9 Å². The average molecular weight is 854 g/mol. The molecule has 0 spiro atoms. The van der Waals surface area contributed by atoms with Gasteiger partial charge in [-0.15, -0.1) is 0 Å². The quantitative estimate of drug-likeness (QED) is 0.0260. The molecule has 0 aliphatic heterocycles. The van der Waals surface area contributed by atoms with Gasteiger partial charge in [-0.2, -0.15) is 0 Å². The number of hydrogen-bond acceptors (Lipinski definition) is 7. The molecule has 0 fully saturated rings. The number of likely N-dealkylation sites (N-methyl/N-ethyl adjacent to an activating group) is 1. The monoisotopic (exact) mass is 854 g/mol. The summed E-state index contributed by atoms with van der Waals surface area (Å²) in [5, 5.41) is 11.6. The summed E-state index contributed by atoms with van der Waals surface area (Å²) < 4.78 is 17.2. The van der Waals surface area contributed by atoms with Crippen molar-refractivity contribution in [2.75, 3.05) is 41.0 Å². The van der Waals surface area contributed by atoms with Gasteiger partial charge in [-0.05, 0) is 77.0 Å². The highest BCUT2D eigenvalue weighted by Crippen LogP contribution is 2.15. The van der Waals surface area contributed by atoms with Crippen LogP contribution in [0.15, 0.2) is 72.9 Å². The molecular formula is C53H91NO7. The van der Waals surface area contributed by atoms with Crippen LogP contribution in [0, 0.1) is 0 Å². The normalized spacial score (nSPS) is 13.5. The fraction of sp³-hybridized carbons (Fsp3) is 0.717. The fourth-order valence-corrected chi connectivity index (χ4v) is 6.86. The van der Waals surface area contributed by atoms with Gasteiger partial charge in [0, 0.05) is 19.3 Å². The lowest BCUT2D eigenvalue weighted by Crippen LogP contribution is -2.55. The molecule has 2 atom stereocenters. The molecular weight excluding hydrogens is 763 g/mol. The summed E-state index contributed by atoms with van der Waals surface area (Å²) in [5.41, 5.74) is 0. The summed E-state index contributed by atoms with van der Waals surface area (Å²) in [6.45, 7) is 4.42. The van der Waals surface area contributed by atoms with Crippen molar-refractivity contribution < 1.29 is 38.2 Å². The van der Waals surface area contributed by atoms with E-state index in [4.69, 9.17) is 14.2 Å². The Morgan fingerprint density at radius 3 is 1.30 bits per heavy atom. The third kappa shape index (κ3) is 41.9. The lowest BCUT2D eigenvalue weighted by molar-refractivity contribution is -0.889. The summed E-state index contributed by atoms with van der Waals surface area (Å²) in [7, 11) is 5.40. The molecule has 0 heterocycles. The number of carbonyl (C=O) groups is 3. The van der Waals surface area contributed by atoms with E-state index in [0.29, 0.717) is 12.8 Å². The van der Waals surface area contributed by atoms with Crippen LogP contribution in [0.2, 0.25) is 0 Å². The van der Waals surface area contributed by atoms with Crippen LogP contribution in [0.5, 0.6) is 0 Å². The number of carboxylic acids is 1. The van der Waals surface area contributed by atoms with Gasteiger partial charge in [0.2, 0.25) is 0 Å². The van der Waals surface area contributed by atoms with Crippen LogP contribution in [0.1, 0.15) is 194 Å². The van der Waals surface area contributed by atoms with Gasteiger partial charge in [-0.3, -0.25) is 9.59 Å². The second kappa shape index (κ2) is 43.4. The zero-order chi connectivity index (χ0) is 44.9. The van der Waals surface area contributed by atoms with Crippen LogP contribution in [0.3, 0.4) is 0 Å². The number of unbranched alkanes of at least 4 members (excludes halogenated alkanes) is 17. The highest BCUT2D eigenvalue weighted by molar-refractivity contribution is 5.70. The van der Waals surface area contributed by atoms with Gasteiger partial charge in [-0.1, -0.05) is 170 Å². The summed E-state index contributed by atoms with van der Waals surface area (Å²) in [4.78, 5) is 37.0. The van der Waals surface area contributed by atoms with E-state index in [0.717, 1.165) is 77.0 Å². The lowest BCUT2D eigenvalue weighted by Gasteiger charge is -2.34. The zero-order valence-corrected chi connectivity index (χ0v) is 39.8. The van der Waals surface area contributed by atoms with Gasteiger partial charge in [0.15, 0.2) is 6.10 Å². The number of nitrogens with zero attached hydrogens (tertiary/aromatic N) is 1. The molecule has 0 rings (SSSR count). The average Bonchev–Trinajstić information content (AvgIpc) is 3.22. The molecule has 0 aliphatic rings. The standard InChI is InChI=1S/C53H91NO7/c1-6-8-10-12-14-16-18-20-22-24-25-26-27-28-30-31-33-35-37-39-41-43-51(55)60-48-49(47-59-46-45-50(53(57)58)54(3,4)5)61-52(56)44-42-40-38-36-34-32-29-23-21-19-17-15-13-11-9-7-2/h8-11,14-17,21,23,32,34,49-50H,6-7,12-13,18-20,22,24-31,33,35-48H2,1-5H3/b10-8+,11-9+,16-14+,17-15+,23-21+,34-32+. The van der Waals surface area contributed by atoms with Gasteiger partial charge in [0.1, 0.15) is 12.6 Å². The van der Waals surface area contributed by atoms with Gasteiger partial charge in [0.25, 0.3) is 0 Å². The molecule has 0 saturated heterocycles. The molecule has 8 nitrogen and oxygen atoms in total. The SMILES string of the molecule is CC/C=C/C/C=C/C/C=C/C/C=C/CCCCCC(=O)OC(COCCC(C(=O)[O-])[N+](C)(C)C)COC(=O)CCCCCCCCCCCCCCCC/C=C/C/C=C/CC. The number of allylic oxidation sites excluding steroid dienone is 12. The van der Waals surface area contributed by atoms with Crippen molar-refractivity contribution in [1.82, 2.24) is 0 Å². The molecule has 8 heteroatoms. The zero-order valence-electron chi connectivity index (χ0n) is 39.8. The first-order chi connectivity index (χ1) is 29.6. The van der Waals surface area contributed by atoms with Gasteiger partial charge in [0.05, 0.1) is 40.3 Å². The predicted molar refractivity (Wildman–Crippen MR) is 254 cm³/mol. The molecule has 0 aromatic carbocycles. The Morgan fingerprint density at radius 1 is 0.492 bits per heavy atom. The largest absolute Gasteiger partial charge is 0.544 e. The maximum Gasteiger partial charge on any atom is 0.306 e. The number of quaternary nitrogens is 1. The van der Waals surface area contributed by atoms with E-state index >= 15 is 0 Å². The Balaban J connectivity index is 4.28. The summed E-state index contributed by atoms with van der Waals surface area (Å²) >= 11 is 0. The molecule has 2 unspecified atom stereocenters. The molecule has 0 aliphatic carbocycles. The van der Waals surface area contributed by atoms with Crippen LogP contribution in [-0.4, -0.2) is 75.5 Å². The maximum absolute atomic E-state index is 12.7. The number of ether oxygens (including phenoxy) is 3. The first-order valence-electron chi connectivity index (χ1n) is 24.5. The lowest BCUT2D eigenvalue weighted by atomic mass is 10.0. The third-order valence-electron chi connectivity index (χ3n) is 10.6. The summed E-state index contributed by atoms with van der Waals surface area (Å²) in [6, 6.07) is -0.735. The molecule has 0 aromatic heterocycles.